The standard InChI is InChI=1S/C58H53N5O2/c1-56(2,3)39-19-11-35(12-20-39)51-43-27-29-45(60-43)52(36-13-21-40(22-14-36)57(4,5)6)47-31-33-49(62-47)54(65-55(64)38-17-25-42(59-10)26-18-38)50-34-32-48(63-50)53(46-30-28-44(51)61-46)37-15-23-41(24-16-37)58(7,8)9/h11-34,60,63H,1-9H3. The zero-order chi connectivity index (χ0) is 45.8. The minimum atomic E-state index is -0.564. The molecule has 65 heavy (non-hydrogen) atoms. The van der Waals surface area contributed by atoms with Crippen molar-refractivity contribution in [3.8, 4) is 39.1 Å². The Hall–Kier alpha value is -7.56. The number of esters is 1. The molecule has 2 aliphatic rings. The number of nitrogens with zero attached hydrogens (tertiary/aromatic N) is 3. The van der Waals surface area contributed by atoms with Gasteiger partial charge in [0.05, 0.1) is 34.7 Å². The van der Waals surface area contributed by atoms with Crippen LogP contribution in [-0.2, 0) is 16.2 Å². The van der Waals surface area contributed by atoms with E-state index in [-0.39, 0.29) is 22.0 Å². The van der Waals surface area contributed by atoms with Crippen molar-refractivity contribution in [2.24, 2.45) is 0 Å². The Morgan fingerprint density at radius 2 is 0.800 bits per heavy atom. The minimum absolute atomic E-state index is 0.00566. The zero-order valence-corrected chi connectivity index (χ0v) is 38.5. The quantitative estimate of drug-likeness (QED) is 0.133. The van der Waals surface area contributed by atoms with Gasteiger partial charge in [-0.3, -0.25) is 0 Å². The van der Waals surface area contributed by atoms with E-state index < -0.39 is 5.97 Å². The van der Waals surface area contributed by atoms with Gasteiger partial charge in [-0.1, -0.05) is 159 Å². The number of ether oxygens (including phenoxy) is 1. The molecule has 0 amide bonds. The van der Waals surface area contributed by atoms with Gasteiger partial charge in [-0.25, -0.2) is 19.6 Å². The van der Waals surface area contributed by atoms with Crippen LogP contribution in [0.2, 0.25) is 0 Å². The summed E-state index contributed by atoms with van der Waals surface area (Å²) in [5.74, 6) is -0.290. The first-order valence-electron chi connectivity index (χ1n) is 22.1. The van der Waals surface area contributed by atoms with Gasteiger partial charge < -0.3 is 14.7 Å². The summed E-state index contributed by atoms with van der Waals surface area (Å²) in [6.45, 7) is 27.4. The maximum absolute atomic E-state index is 14.0. The Labute approximate surface area is 381 Å². The largest absolute Gasteiger partial charge is 0.418 e. The molecule has 0 radical (unpaired) electrons. The lowest BCUT2D eigenvalue weighted by Gasteiger charge is -2.19. The van der Waals surface area contributed by atoms with Crippen molar-refractivity contribution in [1.29, 1.82) is 0 Å². The highest BCUT2D eigenvalue weighted by Crippen LogP contribution is 2.39. The van der Waals surface area contributed by atoms with Crippen LogP contribution in [0.1, 0.15) is 112 Å². The third-order valence-electron chi connectivity index (χ3n) is 12.3. The Balaban J connectivity index is 1.38. The molecular formula is C58H53N5O2. The van der Waals surface area contributed by atoms with Crippen molar-refractivity contribution >= 4 is 58.0 Å². The van der Waals surface area contributed by atoms with Gasteiger partial charge in [0.25, 0.3) is 0 Å². The van der Waals surface area contributed by atoms with E-state index in [0.717, 1.165) is 61.3 Å². The number of carbonyl (C=O) groups excluding carboxylic acids is 1. The number of hydrogen-bond donors (Lipinski definition) is 2. The molecule has 0 atom stereocenters. The van der Waals surface area contributed by atoms with Gasteiger partial charge in [-0.15, -0.1) is 0 Å². The monoisotopic (exact) mass is 851 g/mol. The molecule has 0 saturated heterocycles. The number of aromatic nitrogens is 4. The van der Waals surface area contributed by atoms with Crippen molar-refractivity contribution in [2.45, 2.75) is 78.6 Å². The van der Waals surface area contributed by atoms with Crippen molar-refractivity contribution in [1.82, 2.24) is 19.9 Å². The van der Waals surface area contributed by atoms with E-state index in [1.165, 1.54) is 16.7 Å². The van der Waals surface area contributed by atoms with Gasteiger partial charge in [0.2, 0.25) is 0 Å². The average molecular weight is 852 g/mol. The normalized spacial score (nSPS) is 12.6. The smallest absolute Gasteiger partial charge is 0.343 e. The van der Waals surface area contributed by atoms with Crippen molar-refractivity contribution in [3.63, 3.8) is 0 Å². The zero-order valence-electron chi connectivity index (χ0n) is 38.5. The molecule has 0 unspecified atom stereocenters. The first kappa shape index (κ1) is 42.7. The van der Waals surface area contributed by atoms with Gasteiger partial charge in [0.15, 0.2) is 11.4 Å². The second kappa shape index (κ2) is 16.2. The molecule has 5 heterocycles. The molecule has 3 aromatic heterocycles. The molecule has 7 aromatic rings. The summed E-state index contributed by atoms with van der Waals surface area (Å²) in [6.07, 6.45) is 8.08. The lowest BCUT2D eigenvalue weighted by Crippen LogP contribution is -2.10. The van der Waals surface area contributed by atoms with Crippen LogP contribution < -0.4 is 4.74 Å². The maximum atomic E-state index is 14.0. The number of aromatic amines is 2. The molecule has 7 heteroatoms. The van der Waals surface area contributed by atoms with Crippen LogP contribution >= 0.6 is 0 Å². The molecule has 0 fully saturated rings. The Morgan fingerprint density at radius 3 is 1.17 bits per heavy atom. The van der Waals surface area contributed by atoms with E-state index in [0.29, 0.717) is 28.2 Å². The average Bonchev–Trinajstić information content (AvgIpc) is 4.13. The molecule has 8 bridgehead atoms. The number of benzene rings is 4. The van der Waals surface area contributed by atoms with Crippen molar-refractivity contribution in [2.75, 3.05) is 0 Å². The molecular weight excluding hydrogens is 799 g/mol. The van der Waals surface area contributed by atoms with Gasteiger partial charge in [0, 0.05) is 33.2 Å². The van der Waals surface area contributed by atoms with E-state index >= 15 is 0 Å². The summed E-state index contributed by atoms with van der Waals surface area (Å²) < 4.78 is 6.35. The molecule has 0 spiro atoms. The van der Waals surface area contributed by atoms with Crippen LogP contribution in [0.3, 0.4) is 0 Å². The lowest BCUT2D eigenvalue weighted by atomic mass is 9.86. The minimum Gasteiger partial charge on any atom is -0.418 e. The fourth-order valence-corrected chi connectivity index (χ4v) is 8.43. The highest BCUT2D eigenvalue weighted by molar-refractivity contribution is 5.99. The molecule has 0 saturated carbocycles. The topological polar surface area (TPSA) is 88.0 Å². The summed E-state index contributed by atoms with van der Waals surface area (Å²) in [5, 5.41) is 0. The maximum Gasteiger partial charge on any atom is 0.343 e. The second-order valence-corrected chi connectivity index (χ2v) is 20.0. The Morgan fingerprint density at radius 1 is 0.462 bits per heavy atom. The van der Waals surface area contributed by atoms with E-state index in [2.05, 4.69) is 174 Å². The Kier molecular flexibility index (Phi) is 10.7. The summed E-state index contributed by atoms with van der Waals surface area (Å²) in [4.78, 5) is 35.7. The summed E-state index contributed by atoms with van der Waals surface area (Å²) in [6, 6.07) is 40.9. The molecule has 2 N–H and O–H groups in total. The van der Waals surface area contributed by atoms with E-state index in [9.17, 15) is 4.79 Å². The van der Waals surface area contributed by atoms with Gasteiger partial charge in [0.1, 0.15) is 5.69 Å². The predicted molar refractivity (Wildman–Crippen MR) is 269 cm³/mol. The van der Waals surface area contributed by atoms with E-state index in [1.807, 2.05) is 24.3 Å². The number of hydrogen-bond acceptors (Lipinski definition) is 4. The third kappa shape index (κ3) is 8.48. The number of H-pyrrole nitrogens is 2. The van der Waals surface area contributed by atoms with Gasteiger partial charge in [-0.05, 0) is 98.2 Å². The number of rotatable bonds is 5. The Bertz CT molecular complexity index is 3210. The van der Waals surface area contributed by atoms with E-state index in [4.69, 9.17) is 21.3 Å². The highest BCUT2D eigenvalue weighted by Gasteiger charge is 2.23. The SMILES string of the molecule is [C-]#[N+]c1ccc(C(=O)Oc2c3nc(c(-c4ccc(C(C)(C)C)cc4)c4ccc([nH]4)c(-c4ccc(C(C)(C)C)cc4)c4nc(c(-c5ccc(C(C)(C)C)cc5)c5ccc2[nH]5)C=C4)C=C3)cc1. The van der Waals surface area contributed by atoms with E-state index in [1.54, 1.807) is 24.3 Å². The molecule has 322 valence electrons. The number of fused-ring (bicyclic) bond motifs is 8. The number of carbonyl (C=O) groups is 1. The third-order valence-corrected chi connectivity index (χ3v) is 12.3. The van der Waals surface area contributed by atoms with Crippen molar-refractivity contribution in [3.05, 3.63) is 178 Å². The van der Waals surface area contributed by atoms with Gasteiger partial charge in [-0.2, -0.15) is 0 Å². The molecule has 0 aliphatic carbocycles. The summed E-state index contributed by atoms with van der Waals surface area (Å²) in [5.41, 5.74) is 16.2. The fourth-order valence-electron chi connectivity index (χ4n) is 8.43. The lowest BCUT2D eigenvalue weighted by molar-refractivity contribution is 0.0736. The molecule has 9 rings (SSSR count). The molecule has 7 nitrogen and oxygen atoms in total. The summed E-state index contributed by atoms with van der Waals surface area (Å²) in [7, 11) is 0. The van der Waals surface area contributed by atoms with Crippen LogP contribution in [0.15, 0.2) is 121 Å². The predicted octanol–water partition coefficient (Wildman–Crippen LogP) is 15.3. The van der Waals surface area contributed by atoms with Crippen LogP contribution in [0.25, 0.3) is 84.6 Å². The first-order chi connectivity index (χ1) is 30.9. The van der Waals surface area contributed by atoms with Crippen LogP contribution in [0.5, 0.6) is 5.75 Å². The van der Waals surface area contributed by atoms with Gasteiger partial charge >= 0.3 is 5.97 Å². The molecule has 4 aromatic carbocycles. The van der Waals surface area contributed by atoms with Crippen LogP contribution in [-0.4, -0.2) is 25.9 Å². The fraction of sp³-hybridized carbons (Fsp3) is 0.207. The second-order valence-electron chi connectivity index (χ2n) is 20.0. The number of nitrogens with one attached hydrogen (secondary N) is 2. The van der Waals surface area contributed by atoms with Crippen LogP contribution in [0, 0.1) is 6.57 Å². The van der Waals surface area contributed by atoms with Crippen LogP contribution in [0.4, 0.5) is 5.69 Å². The first-order valence-corrected chi connectivity index (χ1v) is 22.1. The molecule has 2 aliphatic heterocycles. The highest BCUT2D eigenvalue weighted by atomic mass is 16.5. The summed E-state index contributed by atoms with van der Waals surface area (Å²) >= 11 is 0. The van der Waals surface area contributed by atoms with Crippen molar-refractivity contribution < 1.29 is 9.53 Å².